The molecule has 8 heteroatoms. The van der Waals surface area contributed by atoms with Crippen molar-refractivity contribution in [3.8, 4) is 5.75 Å². The number of nitro benzene ring substituents is 1. The minimum absolute atomic E-state index is 0.125. The van der Waals surface area contributed by atoms with Crippen molar-refractivity contribution in [3.05, 3.63) is 99.2 Å². The fourth-order valence-corrected chi connectivity index (χ4v) is 5.76. The number of nitro groups is 1. The highest BCUT2D eigenvalue weighted by Gasteiger charge is 2.26. The maximum Gasteiger partial charge on any atom is 0.269 e. The fraction of sp³-hybridized carbons (Fsp3) is 0.310. The van der Waals surface area contributed by atoms with Crippen molar-refractivity contribution in [1.82, 2.24) is 15.2 Å². The monoisotopic (exact) mass is 497 g/mol. The zero-order valence-electron chi connectivity index (χ0n) is 20.9. The van der Waals surface area contributed by atoms with E-state index < -0.39 is 0 Å². The molecule has 0 bridgehead atoms. The van der Waals surface area contributed by atoms with Gasteiger partial charge in [0.05, 0.1) is 18.1 Å². The summed E-state index contributed by atoms with van der Waals surface area (Å²) in [7, 11) is 1.74. The second-order valence-electron chi connectivity index (χ2n) is 9.81. The van der Waals surface area contributed by atoms with Crippen molar-refractivity contribution in [3.63, 3.8) is 0 Å². The van der Waals surface area contributed by atoms with E-state index in [2.05, 4.69) is 62.6 Å². The Kier molecular flexibility index (Phi) is 6.28. The Morgan fingerprint density at radius 3 is 2.57 bits per heavy atom. The number of H-pyrrole nitrogens is 1. The summed E-state index contributed by atoms with van der Waals surface area (Å²) >= 11 is 0. The molecule has 0 radical (unpaired) electrons. The maximum atomic E-state index is 11.0. The van der Waals surface area contributed by atoms with Crippen LogP contribution in [0.4, 0.5) is 11.4 Å². The first-order valence-electron chi connectivity index (χ1n) is 12.8. The van der Waals surface area contributed by atoms with Gasteiger partial charge in [0, 0.05) is 79.2 Å². The van der Waals surface area contributed by atoms with Gasteiger partial charge in [-0.2, -0.15) is 0 Å². The number of hydrogen-bond donors (Lipinski definition) is 2. The lowest BCUT2D eigenvalue weighted by molar-refractivity contribution is -0.384. The van der Waals surface area contributed by atoms with Crippen LogP contribution in [0.15, 0.2) is 66.7 Å². The number of anilines is 1. The summed E-state index contributed by atoms with van der Waals surface area (Å²) < 4.78 is 5.75. The first-order valence-corrected chi connectivity index (χ1v) is 12.8. The highest BCUT2D eigenvalue weighted by molar-refractivity contribution is 5.85. The zero-order chi connectivity index (χ0) is 25.4. The predicted molar refractivity (Wildman–Crippen MR) is 145 cm³/mol. The molecule has 2 aliphatic rings. The van der Waals surface area contributed by atoms with E-state index in [1.54, 1.807) is 19.2 Å². The number of para-hydroxylation sites is 1. The Morgan fingerprint density at radius 2 is 1.81 bits per heavy atom. The second kappa shape index (κ2) is 9.88. The highest BCUT2D eigenvalue weighted by atomic mass is 16.6. The molecule has 4 aromatic rings. The van der Waals surface area contributed by atoms with Gasteiger partial charge in [-0.05, 0) is 47.9 Å². The van der Waals surface area contributed by atoms with Crippen LogP contribution in [0.1, 0.15) is 28.4 Å². The fourth-order valence-electron chi connectivity index (χ4n) is 5.76. The topological polar surface area (TPSA) is 86.7 Å². The molecule has 37 heavy (non-hydrogen) atoms. The Bertz CT molecular complexity index is 1420. The van der Waals surface area contributed by atoms with Gasteiger partial charge in [-0.15, -0.1) is 0 Å². The van der Waals surface area contributed by atoms with Crippen molar-refractivity contribution in [2.75, 3.05) is 44.7 Å². The third-order valence-corrected chi connectivity index (χ3v) is 7.69. The molecule has 0 amide bonds. The van der Waals surface area contributed by atoms with E-state index in [1.165, 1.54) is 33.3 Å². The zero-order valence-corrected chi connectivity index (χ0v) is 20.9. The number of nitrogens with zero attached hydrogens (tertiary/aromatic N) is 3. The lowest BCUT2D eigenvalue weighted by Gasteiger charge is -2.36. The van der Waals surface area contributed by atoms with Crippen LogP contribution in [0.25, 0.3) is 10.9 Å². The smallest absolute Gasteiger partial charge is 0.269 e. The van der Waals surface area contributed by atoms with E-state index in [0.29, 0.717) is 0 Å². The second-order valence-corrected chi connectivity index (χ2v) is 9.81. The number of aromatic amines is 1. The molecule has 0 aliphatic carbocycles. The summed E-state index contributed by atoms with van der Waals surface area (Å²) in [5.41, 5.74) is 7.46. The van der Waals surface area contributed by atoms with E-state index in [9.17, 15) is 10.1 Å². The third kappa shape index (κ3) is 4.54. The van der Waals surface area contributed by atoms with Crippen LogP contribution in [0.2, 0.25) is 0 Å². The van der Waals surface area contributed by atoms with E-state index in [4.69, 9.17) is 4.74 Å². The number of nitrogens with one attached hydrogen (secondary N) is 2. The lowest BCUT2D eigenvalue weighted by Crippen LogP contribution is -2.46. The van der Waals surface area contributed by atoms with Crippen LogP contribution in [-0.2, 0) is 13.0 Å². The van der Waals surface area contributed by atoms with Gasteiger partial charge in [-0.1, -0.05) is 24.3 Å². The van der Waals surface area contributed by atoms with Crippen LogP contribution in [0.3, 0.4) is 0 Å². The molecule has 1 aromatic heterocycles. The van der Waals surface area contributed by atoms with Crippen molar-refractivity contribution in [2.45, 2.75) is 19.0 Å². The number of aromatic nitrogens is 1. The van der Waals surface area contributed by atoms with Gasteiger partial charge in [0.25, 0.3) is 5.69 Å². The Hall–Kier alpha value is -3.88. The minimum atomic E-state index is -0.356. The molecule has 8 nitrogen and oxygen atoms in total. The summed E-state index contributed by atoms with van der Waals surface area (Å²) in [4.78, 5) is 19.0. The number of fused-ring (bicyclic) bond motifs is 3. The molecule has 2 N–H and O–H groups in total. The molecule has 2 aliphatic heterocycles. The van der Waals surface area contributed by atoms with Crippen molar-refractivity contribution in [2.24, 2.45) is 0 Å². The molecule has 1 fully saturated rings. The summed E-state index contributed by atoms with van der Waals surface area (Å²) in [5, 5.41) is 16.0. The lowest BCUT2D eigenvalue weighted by atomic mass is 9.93. The molecule has 0 saturated carbocycles. The molecule has 6 rings (SSSR count). The summed E-state index contributed by atoms with van der Waals surface area (Å²) in [6.07, 6.45) is 1.03. The van der Waals surface area contributed by atoms with Gasteiger partial charge in [-0.3, -0.25) is 15.0 Å². The normalized spacial score (nSPS) is 18.1. The molecule has 1 saturated heterocycles. The van der Waals surface area contributed by atoms with Gasteiger partial charge in [-0.25, -0.2) is 0 Å². The predicted octanol–water partition coefficient (Wildman–Crippen LogP) is 4.64. The van der Waals surface area contributed by atoms with Crippen LogP contribution < -0.4 is 15.0 Å². The van der Waals surface area contributed by atoms with Crippen molar-refractivity contribution >= 4 is 22.3 Å². The van der Waals surface area contributed by atoms with E-state index >= 15 is 0 Å². The Morgan fingerprint density at radius 1 is 1.03 bits per heavy atom. The number of piperazine rings is 1. The molecule has 1 atom stereocenters. The standard InChI is InChI=1S/C29H31N5O3/c1-37-27-11-6-20(28-29-25(12-13-30-28)24-4-2-3-5-26(24)31-29)18-21(27)19-32-14-16-33(17-15-32)22-7-9-23(10-8-22)34(35)36/h2-11,18,28,30-31H,12-17,19H2,1H3/t28-/m0/s1. The SMILES string of the molecule is COc1ccc([C@@H]2NCCc3c2[nH]c2ccccc32)cc1CN1CCN(c2ccc([N+](=O)[O-])cc2)CC1. The average molecular weight is 498 g/mol. The number of hydrogen-bond acceptors (Lipinski definition) is 6. The van der Waals surface area contributed by atoms with Crippen molar-refractivity contribution < 1.29 is 9.66 Å². The molecule has 3 heterocycles. The van der Waals surface area contributed by atoms with Gasteiger partial charge in [0.2, 0.25) is 0 Å². The van der Waals surface area contributed by atoms with Crippen molar-refractivity contribution in [1.29, 1.82) is 0 Å². The quantitative estimate of drug-likeness (QED) is 0.298. The maximum absolute atomic E-state index is 11.0. The number of methoxy groups -OCH3 is 1. The first kappa shape index (κ1) is 23.5. The van der Waals surface area contributed by atoms with Crippen LogP contribution in [0.5, 0.6) is 5.75 Å². The van der Waals surface area contributed by atoms with E-state index in [1.807, 2.05) is 12.1 Å². The Labute approximate surface area is 216 Å². The van der Waals surface area contributed by atoms with E-state index in [0.717, 1.165) is 57.1 Å². The molecule has 190 valence electrons. The summed E-state index contributed by atoms with van der Waals surface area (Å²) in [5.74, 6) is 0.911. The third-order valence-electron chi connectivity index (χ3n) is 7.69. The summed E-state index contributed by atoms with van der Waals surface area (Å²) in [6.45, 7) is 5.35. The number of ether oxygens (including phenoxy) is 1. The molecule has 3 aromatic carbocycles. The molecule has 0 spiro atoms. The first-order chi connectivity index (χ1) is 18.1. The average Bonchev–Trinajstić information content (AvgIpc) is 3.32. The van der Waals surface area contributed by atoms with Crippen LogP contribution in [-0.4, -0.2) is 54.6 Å². The number of benzene rings is 3. The van der Waals surface area contributed by atoms with Gasteiger partial charge in [0.1, 0.15) is 5.75 Å². The number of rotatable bonds is 6. The van der Waals surface area contributed by atoms with Crippen LogP contribution in [0, 0.1) is 10.1 Å². The van der Waals surface area contributed by atoms with E-state index in [-0.39, 0.29) is 16.7 Å². The molecular formula is C29H31N5O3. The minimum Gasteiger partial charge on any atom is -0.496 e. The van der Waals surface area contributed by atoms with Gasteiger partial charge < -0.3 is 19.9 Å². The largest absolute Gasteiger partial charge is 0.496 e. The molecular weight excluding hydrogens is 466 g/mol. The Balaban J connectivity index is 1.19. The summed E-state index contributed by atoms with van der Waals surface area (Å²) in [6, 6.07) is 22.1. The van der Waals surface area contributed by atoms with Gasteiger partial charge >= 0.3 is 0 Å². The molecule has 0 unspecified atom stereocenters. The highest BCUT2D eigenvalue weighted by Crippen LogP contribution is 2.35. The van der Waals surface area contributed by atoms with Crippen LogP contribution >= 0.6 is 0 Å². The number of non-ortho nitro benzene ring substituents is 1. The van der Waals surface area contributed by atoms with Gasteiger partial charge in [0.15, 0.2) is 0 Å².